The number of carboxylic acid groups (broad SMARTS) is 1. The Labute approximate surface area is 87.1 Å². The molecule has 1 aliphatic rings. The van der Waals surface area contributed by atoms with E-state index in [9.17, 15) is 9.90 Å². The maximum Gasteiger partial charge on any atom is 0.309 e. The van der Waals surface area contributed by atoms with Crippen molar-refractivity contribution in [2.75, 3.05) is 13.2 Å². The molecule has 0 bridgehead atoms. The highest BCUT2D eigenvalue weighted by Crippen LogP contribution is 2.32. The van der Waals surface area contributed by atoms with Crippen LogP contribution in [0.1, 0.15) is 11.5 Å². The van der Waals surface area contributed by atoms with Gasteiger partial charge in [-0.1, -0.05) is 12.1 Å². The maximum atomic E-state index is 10.9. The Bertz CT molecular complexity index is 375. The molecule has 0 aromatic heterocycles. The number of hydrogen-bond donors (Lipinski definition) is 2. The second-order valence-corrected chi connectivity index (χ2v) is 3.68. The van der Waals surface area contributed by atoms with E-state index in [2.05, 4.69) is 0 Å². The topological polar surface area (TPSA) is 66.8 Å². The molecule has 0 saturated carbocycles. The van der Waals surface area contributed by atoms with Crippen LogP contribution < -0.4 is 0 Å². The van der Waals surface area contributed by atoms with Gasteiger partial charge in [0, 0.05) is 5.92 Å². The fourth-order valence-corrected chi connectivity index (χ4v) is 1.88. The van der Waals surface area contributed by atoms with Crippen molar-refractivity contribution in [3.63, 3.8) is 0 Å². The molecule has 1 heterocycles. The van der Waals surface area contributed by atoms with Gasteiger partial charge in [0.2, 0.25) is 0 Å². The highest BCUT2D eigenvalue weighted by Gasteiger charge is 2.35. The molecule has 1 aromatic rings. The van der Waals surface area contributed by atoms with Crippen molar-refractivity contribution in [3.8, 4) is 5.75 Å². The normalized spacial score (nSPS) is 25.3. The van der Waals surface area contributed by atoms with Gasteiger partial charge in [-0.3, -0.25) is 4.79 Å². The summed E-state index contributed by atoms with van der Waals surface area (Å²) in [5.41, 5.74) is 0.819. The molecule has 1 aromatic carbocycles. The first-order valence-electron chi connectivity index (χ1n) is 4.78. The molecule has 15 heavy (non-hydrogen) atoms. The van der Waals surface area contributed by atoms with Crippen molar-refractivity contribution < 1.29 is 19.7 Å². The highest BCUT2D eigenvalue weighted by atomic mass is 16.5. The summed E-state index contributed by atoms with van der Waals surface area (Å²) in [5, 5.41) is 18.3. The lowest BCUT2D eigenvalue weighted by Gasteiger charge is -2.13. The van der Waals surface area contributed by atoms with E-state index in [1.54, 1.807) is 18.2 Å². The van der Waals surface area contributed by atoms with Gasteiger partial charge < -0.3 is 14.9 Å². The van der Waals surface area contributed by atoms with E-state index in [0.29, 0.717) is 6.61 Å². The summed E-state index contributed by atoms with van der Waals surface area (Å²) in [6, 6.07) is 6.68. The molecule has 2 atom stereocenters. The van der Waals surface area contributed by atoms with E-state index in [1.165, 1.54) is 0 Å². The van der Waals surface area contributed by atoms with Gasteiger partial charge >= 0.3 is 5.97 Å². The number of ether oxygens (including phenoxy) is 1. The Morgan fingerprint density at radius 2 is 2.20 bits per heavy atom. The van der Waals surface area contributed by atoms with Crippen molar-refractivity contribution in [1.29, 1.82) is 0 Å². The average Bonchev–Trinajstić information content (AvgIpc) is 2.65. The van der Waals surface area contributed by atoms with Crippen LogP contribution in [-0.2, 0) is 9.53 Å². The first kappa shape index (κ1) is 9.98. The van der Waals surface area contributed by atoms with E-state index in [1.807, 2.05) is 6.07 Å². The number of phenolic OH excluding ortho intramolecular Hbond substituents is 1. The lowest BCUT2D eigenvalue weighted by molar-refractivity contribution is -0.142. The fraction of sp³-hybridized carbons (Fsp3) is 0.364. The lowest BCUT2D eigenvalue weighted by atomic mass is 9.89. The average molecular weight is 208 g/mol. The third kappa shape index (κ3) is 1.94. The molecule has 0 spiro atoms. The maximum absolute atomic E-state index is 10.9. The van der Waals surface area contributed by atoms with Crippen LogP contribution in [0.4, 0.5) is 0 Å². The Balaban J connectivity index is 2.26. The van der Waals surface area contributed by atoms with Gasteiger partial charge in [0.15, 0.2) is 0 Å². The molecular weight excluding hydrogens is 196 g/mol. The zero-order valence-electron chi connectivity index (χ0n) is 8.09. The van der Waals surface area contributed by atoms with Crippen molar-refractivity contribution in [2.24, 2.45) is 5.92 Å². The van der Waals surface area contributed by atoms with Gasteiger partial charge in [-0.25, -0.2) is 0 Å². The predicted octanol–water partition coefficient (Wildman–Crippen LogP) is 1.21. The number of benzene rings is 1. The fourth-order valence-electron chi connectivity index (χ4n) is 1.88. The summed E-state index contributed by atoms with van der Waals surface area (Å²) in [5.74, 6) is -1.36. The molecule has 80 valence electrons. The molecular formula is C11H12O4. The van der Waals surface area contributed by atoms with Crippen LogP contribution in [0.3, 0.4) is 0 Å². The van der Waals surface area contributed by atoms with Crippen molar-refractivity contribution in [3.05, 3.63) is 29.8 Å². The molecule has 2 N–H and O–H groups in total. The molecule has 0 radical (unpaired) electrons. The summed E-state index contributed by atoms with van der Waals surface area (Å²) in [4.78, 5) is 10.9. The number of carbonyl (C=O) groups is 1. The van der Waals surface area contributed by atoms with Crippen molar-refractivity contribution >= 4 is 5.97 Å². The summed E-state index contributed by atoms with van der Waals surface area (Å²) < 4.78 is 5.16. The number of hydrogen-bond acceptors (Lipinski definition) is 3. The first-order valence-corrected chi connectivity index (χ1v) is 4.78. The number of aliphatic carboxylic acids is 1. The monoisotopic (exact) mass is 208 g/mol. The summed E-state index contributed by atoms with van der Waals surface area (Å²) >= 11 is 0. The van der Waals surface area contributed by atoms with Gasteiger partial charge in [0.05, 0.1) is 19.1 Å². The smallest absolute Gasteiger partial charge is 0.309 e. The molecule has 1 fully saturated rings. The van der Waals surface area contributed by atoms with Crippen LogP contribution in [0, 0.1) is 5.92 Å². The Morgan fingerprint density at radius 3 is 2.87 bits per heavy atom. The Hall–Kier alpha value is -1.55. The van der Waals surface area contributed by atoms with Gasteiger partial charge in [0.25, 0.3) is 0 Å². The van der Waals surface area contributed by atoms with Crippen LogP contribution in [0.5, 0.6) is 5.75 Å². The van der Waals surface area contributed by atoms with E-state index in [0.717, 1.165) is 5.56 Å². The van der Waals surface area contributed by atoms with Gasteiger partial charge in [-0.05, 0) is 17.7 Å². The zero-order valence-corrected chi connectivity index (χ0v) is 8.09. The minimum Gasteiger partial charge on any atom is -0.508 e. The van der Waals surface area contributed by atoms with Crippen LogP contribution in [0.15, 0.2) is 24.3 Å². The van der Waals surface area contributed by atoms with Gasteiger partial charge in [-0.15, -0.1) is 0 Å². The van der Waals surface area contributed by atoms with E-state index in [-0.39, 0.29) is 18.3 Å². The Morgan fingerprint density at radius 1 is 1.40 bits per heavy atom. The van der Waals surface area contributed by atoms with Crippen LogP contribution in [0.25, 0.3) is 0 Å². The third-order valence-electron chi connectivity index (χ3n) is 2.70. The molecule has 4 heteroatoms. The van der Waals surface area contributed by atoms with Crippen LogP contribution in [-0.4, -0.2) is 29.4 Å². The van der Waals surface area contributed by atoms with E-state index in [4.69, 9.17) is 9.84 Å². The Kier molecular flexibility index (Phi) is 2.60. The molecule has 1 saturated heterocycles. The van der Waals surface area contributed by atoms with E-state index >= 15 is 0 Å². The number of phenols is 1. The highest BCUT2D eigenvalue weighted by molar-refractivity contribution is 5.72. The minimum atomic E-state index is -0.846. The number of rotatable bonds is 2. The van der Waals surface area contributed by atoms with Crippen molar-refractivity contribution in [1.82, 2.24) is 0 Å². The summed E-state index contributed by atoms with van der Waals surface area (Å²) in [6.45, 7) is 0.649. The zero-order chi connectivity index (χ0) is 10.8. The second-order valence-electron chi connectivity index (χ2n) is 3.68. The lowest BCUT2D eigenvalue weighted by Crippen LogP contribution is -2.20. The van der Waals surface area contributed by atoms with Crippen LogP contribution >= 0.6 is 0 Å². The number of aromatic hydroxyl groups is 1. The minimum absolute atomic E-state index is 0.156. The second kappa shape index (κ2) is 3.90. The molecule has 1 aliphatic heterocycles. The molecule has 2 unspecified atom stereocenters. The molecule has 4 nitrogen and oxygen atoms in total. The van der Waals surface area contributed by atoms with E-state index < -0.39 is 11.9 Å². The molecule has 0 amide bonds. The summed E-state index contributed by atoms with van der Waals surface area (Å²) in [6.07, 6.45) is 0. The van der Waals surface area contributed by atoms with Gasteiger partial charge in [0.1, 0.15) is 5.75 Å². The standard InChI is InChI=1S/C11H12O4/c12-8-3-1-2-7(4-8)9-5-15-6-10(9)11(13)14/h1-4,9-10,12H,5-6H2,(H,13,14). The molecule has 0 aliphatic carbocycles. The largest absolute Gasteiger partial charge is 0.508 e. The third-order valence-corrected chi connectivity index (χ3v) is 2.70. The van der Waals surface area contributed by atoms with Crippen LogP contribution in [0.2, 0.25) is 0 Å². The first-order chi connectivity index (χ1) is 7.18. The molecule has 2 rings (SSSR count). The quantitative estimate of drug-likeness (QED) is 0.766. The van der Waals surface area contributed by atoms with Crippen molar-refractivity contribution in [2.45, 2.75) is 5.92 Å². The predicted molar refractivity (Wildman–Crippen MR) is 52.8 cm³/mol. The number of carboxylic acids is 1. The SMILES string of the molecule is O=C(O)C1COCC1c1cccc(O)c1. The summed E-state index contributed by atoms with van der Waals surface area (Å²) in [7, 11) is 0. The van der Waals surface area contributed by atoms with Gasteiger partial charge in [-0.2, -0.15) is 0 Å².